The molecule has 0 atom stereocenters. The third-order valence-electron chi connectivity index (χ3n) is 1.24. The Morgan fingerprint density at radius 2 is 2.58 bits per heavy atom. The summed E-state index contributed by atoms with van der Waals surface area (Å²) in [6.45, 7) is 0. The predicted molar refractivity (Wildman–Crippen MR) is 48.0 cm³/mol. The molecule has 1 amide bonds. The number of carbonyl (C=O) groups excluding carboxylic acids is 1. The summed E-state index contributed by atoms with van der Waals surface area (Å²) in [5.74, 6) is 0.861. The van der Waals surface area contributed by atoms with Gasteiger partial charge in [-0.15, -0.1) is 10.2 Å². The molecule has 12 heavy (non-hydrogen) atoms. The van der Waals surface area contributed by atoms with Gasteiger partial charge in [-0.05, 0) is 6.26 Å². The first-order chi connectivity index (χ1) is 5.74. The van der Waals surface area contributed by atoms with Crippen LogP contribution in [0.1, 0.15) is 0 Å². The zero-order chi connectivity index (χ0) is 8.97. The lowest BCUT2D eigenvalue weighted by atomic mass is 10.7. The first kappa shape index (κ1) is 9.05. The van der Waals surface area contributed by atoms with Crippen molar-refractivity contribution in [3.05, 3.63) is 6.33 Å². The van der Waals surface area contributed by atoms with Crippen molar-refractivity contribution < 1.29 is 4.79 Å². The quantitative estimate of drug-likeness (QED) is 0.728. The first-order valence-corrected chi connectivity index (χ1v) is 4.76. The smallest absolute Gasteiger partial charge is 0.236 e. The number of aryl methyl sites for hydroxylation is 1. The van der Waals surface area contributed by atoms with Crippen molar-refractivity contribution in [2.45, 2.75) is 0 Å². The molecule has 0 unspecified atom stereocenters. The van der Waals surface area contributed by atoms with E-state index >= 15 is 0 Å². The first-order valence-electron chi connectivity index (χ1n) is 3.37. The molecule has 0 radical (unpaired) electrons. The summed E-state index contributed by atoms with van der Waals surface area (Å²) in [7, 11) is 1.77. The molecule has 0 aliphatic carbocycles. The van der Waals surface area contributed by atoms with E-state index in [2.05, 4.69) is 15.5 Å². The lowest BCUT2D eigenvalue weighted by Gasteiger charge is -2.00. The highest BCUT2D eigenvalue weighted by atomic mass is 32.2. The van der Waals surface area contributed by atoms with Crippen LogP contribution in [0.3, 0.4) is 0 Å². The van der Waals surface area contributed by atoms with Crippen molar-refractivity contribution >= 4 is 23.6 Å². The number of aromatic nitrogens is 3. The Morgan fingerprint density at radius 3 is 3.08 bits per heavy atom. The Labute approximate surface area is 74.6 Å². The molecule has 0 fully saturated rings. The summed E-state index contributed by atoms with van der Waals surface area (Å²) < 4.78 is 1.65. The molecular formula is C6H10N4OS. The van der Waals surface area contributed by atoms with Crippen LogP contribution in [0.5, 0.6) is 0 Å². The number of carbonyl (C=O) groups is 1. The maximum atomic E-state index is 11.0. The Morgan fingerprint density at radius 1 is 1.83 bits per heavy atom. The van der Waals surface area contributed by atoms with Gasteiger partial charge in [0, 0.05) is 7.05 Å². The van der Waals surface area contributed by atoms with Gasteiger partial charge in [0.05, 0.1) is 5.75 Å². The summed E-state index contributed by atoms with van der Waals surface area (Å²) in [5.41, 5.74) is 0. The zero-order valence-corrected chi connectivity index (χ0v) is 7.76. The van der Waals surface area contributed by atoms with E-state index in [4.69, 9.17) is 0 Å². The van der Waals surface area contributed by atoms with E-state index in [0.29, 0.717) is 11.7 Å². The zero-order valence-electron chi connectivity index (χ0n) is 6.94. The molecule has 1 aromatic rings. The number of amides is 1. The van der Waals surface area contributed by atoms with Crippen molar-refractivity contribution in [2.24, 2.45) is 7.05 Å². The molecular weight excluding hydrogens is 176 g/mol. The summed E-state index contributed by atoms with van der Waals surface area (Å²) in [5, 5.41) is 9.96. The van der Waals surface area contributed by atoms with E-state index in [1.165, 1.54) is 18.1 Å². The van der Waals surface area contributed by atoms with Crippen molar-refractivity contribution in [1.29, 1.82) is 0 Å². The average molecular weight is 186 g/mol. The second kappa shape index (κ2) is 4.10. The molecule has 0 saturated heterocycles. The van der Waals surface area contributed by atoms with Gasteiger partial charge >= 0.3 is 0 Å². The molecule has 5 nitrogen and oxygen atoms in total. The van der Waals surface area contributed by atoms with Crippen LogP contribution in [0.2, 0.25) is 0 Å². The monoisotopic (exact) mass is 186 g/mol. The normalized spacial score (nSPS) is 9.83. The van der Waals surface area contributed by atoms with Crippen LogP contribution in [0.25, 0.3) is 0 Å². The third kappa shape index (κ3) is 2.23. The molecule has 0 saturated carbocycles. The number of nitrogens with zero attached hydrogens (tertiary/aromatic N) is 3. The number of hydrogen-bond donors (Lipinski definition) is 1. The second-order valence-corrected chi connectivity index (χ2v) is 3.11. The Hall–Kier alpha value is -1.04. The van der Waals surface area contributed by atoms with Gasteiger partial charge in [0.25, 0.3) is 0 Å². The second-order valence-electron chi connectivity index (χ2n) is 2.25. The van der Waals surface area contributed by atoms with Crippen LogP contribution in [0.4, 0.5) is 5.95 Å². The minimum absolute atomic E-state index is 0.0569. The molecule has 66 valence electrons. The van der Waals surface area contributed by atoms with Gasteiger partial charge in [0.15, 0.2) is 0 Å². The number of rotatable bonds is 3. The van der Waals surface area contributed by atoms with Gasteiger partial charge in [0.2, 0.25) is 11.9 Å². The Balaban J connectivity index is 2.52. The van der Waals surface area contributed by atoms with Gasteiger partial charge in [-0.1, -0.05) is 0 Å². The summed E-state index contributed by atoms with van der Waals surface area (Å²) in [4.78, 5) is 11.0. The molecule has 1 heterocycles. The average Bonchev–Trinajstić information content (AvgIpc) is 2.37. The van der Waals surface area contributed by atoms with Crippen LogP contribution in [0, 0.1) is 0 Å². The molecule has 1 N–H and O–H groups in total. The number of anilines is 1. The third-order valence-corrected chi connectivity index (χ3v) is 1.79. The Bertz CT molecular complexity index is 272. The summed E-state index contributed by atoms with van der Waals surface area (Å²) in [6.07, 6.45) is 3.41. The van der Waals surface area contributed by atoms with E-state index in [-0.39, 0.29) is 5.91 Å². The van der Waals surface area contributed by atoms with E-state index in [9.17, 15) is 4.79 Å². The van der Waals surface area contributed by atoms with Crippen LogP contribution in [-0.4, -0.2) is 32.7 Å². The molecule has 1 rings (SSSR count). The molecule has 0 aliphatic rings. The van der Waals surface area contributed by atoms with E-state index in [1.54, 1.807) is 11.6 Å². The van der Waals surface area contributed by atoms with E-state index < -0.39 is 0 Å². The summed E-state index contributed by atoms with van der Waals surface area (Å²) >= 11 is 1.47. The topological polar surface area (TPSA) is 59.8 Å². The molecule has 1 aromatic heterocycles. The SMILES string of the molecule is CSCC(=O)Nc1nncn1C. The highest BCUT2D eigenvalue weighted by Crippen LogP contribution is 1.99. The standard InChI is InChI=1S/C6H10N4OS/c1-10-4-7-9-6(10)8-5(11)3-12-2/h4H,3H2,1-2H3,(H,8,9,11). The molecule has 0 spiro atoms. The van der Waals surface area contributed by atoms with Crippen molar-refractivity contribution in [2.75, 3.05) is 17.3 Å². The van der Waals surface area contributed by atoms with Crippen molar-refractivity contribution in [3.8, 4) is 0 Å². The van der Waals surface area contributed by atoms with Gasteiger partial charge in [0.1, 0.15) is 6.33 Å². The highest BCUT2D eigenvalue weighted by molar-refractivity contribution is 7.99. The molecule has 0 aliphatic heterocycles. The fourth-order valence-electron chi connectivity index (χ4n) is 0.688. The lowest BCUT2D eigenvalue weighted by Crippen LogP contribution is -2.16. The highest BCUT2D eigenvalue weighted by Gasteiger charge is 2.04. The largest absolute Gasteiger partial charge is 0.303 e. The molecule has 0 bridgehead atoms. The van der Waals surface area contributed by atoms with Crippen LogP contribution < -0.4 is 5.32 Å². The Kier molecular flexibility index (Phi) is 3.09. The van der Waals surface area contributed by atoms with Gasteiger partial charge < -0.3 is 4.57 Å². The fourth-order valence-corrected chi connectivity index (χ4v) is 1.02. The minimum Gasteiger partial charge on any atom is -0.303 e. The predicted octanol–water partition coefficient (Wildman–Crippen LogP) is 0.117. The molecule has 0 aromatic carbocycles. The fraction of sp³-hybridized carbons (Fsp3) is 0.500. The lowest BCUT2D eigenvalue weighted by molar-refractivity contribution is -0.113. The maximum Gasteiger partial charge on any atom is 0.236 e. The van der Waals surface area contributed by atoms with Gasteiger partial charge in [-0.2, -0.15) is 11.8 Å². The summed E-state index contributed by atoms with van der Waals surface area (Å²) in [6, 6.07) is 0. The van der Waals surface area contributed by atoms with E-state index in [0.717, 1.165) is 0 Å². The van der Waals surface area contributed by atoms with Gasteiger partial charge in [-0.25, -0.2) is 0 Å². The van der Waals surface area contributed by atoms with Crippen molar-refractivity contribution in [1.82, 2.24) is 14.8 Å². The minimum atomic E-state index is -0.0569. The van der Waals surface area contributed by atoms with Gasteiger partial charge in [-0.3, -0.25) is 10.1 Å². The van der Waals surface area contributed by atoms with E-state index in [1.807, 2.05) is 6.26 Å². The van der Waals surface area contributed by atoms with Crippen molar-refractivity contribution in [3.63, 3.8) is 0 Å². The number of hydrogen-bond acceptors (Lipinski definition) is 4. The van der Waals surface area contributed by atoms with Crippen LogP contribution >= 0.6 is 11.8 Å². The molecule has 6 heteroatoms. The van der Waals surface area contributed by atoms with Crippen LogP contribution in [0.15, 0.2) is 6.33 Å². The number of nitrogens with one attached hydrogen (secondary N) is 1. The van der Waals surface area contributed by atoms with Crippen LogP contribution in [-0.2, 0) is 11.8 Å². The maximum absolute atomic E-state index is 11.0. The number of thioether (sulfide) groups is 1.